The number of nitrogens with one attached hydrogen (secondary N) is 1. The predicted octanol–water partition coefficient (Wildman–Crippen LogP) is 4.48. The largest absolute Gasteiger partial charge is 0.416 e. The molecule has 2 aromatic rings. The monoisotopic (exact) mass is 308 g/mol. The van der Waals surface area contributed by atoms with Gasteiger partial charge in [0.15, 0.2) is 0 Å². The van der Waals surface area contributed by atoms with Gasteiger partial charge in [0.25, 0.3) is 0 Å². The van der Waals surface area contributed by atoms with Gasteiger partial charge in [0.05, 0.1) is 11.3 Å². The van der Waals surface area contributed by atoms with E-state index in [0.717, 1.165) is 23.3 Å². The summed E-state index contributed by atoms with van der Waals surface area (Å²) in [5, 5.41) is 2.26. The molecule has 0 aromatic heterocycles. The first-order chi connectivity index (χ1) is 10.2. The number of hydrogen-bond donors (Lipinski definition) is 2. The zero-order valence-electron chi connectivity index (χ0n) is 12.1. The van der Waals surface area contributed by atoms with Gasteiger partial charge < -0.3 is 11.1 Å². The summed E-state index contributed by atoms with van der Waals surface area (Å²) in [7, 11) is 0. The van der Waals surface area contributed by atoms with Crippen LogP contribution in [0.15, 0.2) is 36.4 Å². The number of amides is 2. The fourth-order valence-corrected chi connectivity index (χ4v) is 2.12. The summed E-state index contributed by atoms with van der Waals surface area (Å²) in [5.41, 5.74) is 7.50. The molecule has 0 saturated carbocycles. The van der Waals surface area contributed by atoms with E-state index < -0.39 is 17.8 Å². The van der Waals surface area contributed by atoms with Crippen molar-refractivity contribution < 1.29 is 18.0 Å². The average Bonchev–Trinajstić information content (AvgIpc) is 2.40. The molecule has 0 aliphatic heterocycles. The highest BCUT2D eigenvalue weighted by atomic mass is 19.4. The Labute approximate surface area is 125 Å². The van der Waals surface area contributed by atoms with Gasteiger partial charge in [0, 0.05) is 5.56 Å². The van der Waals surface area contributed by atoms with Crippen LogP contribution in [0.1, 0.15) is 16.7 Å². The number of carbonyl (C=O) groups excluding carboxylic acids is 1. The van der Waals surface area contributed by atoms with Crippen molar-refractivity contribution in [3.05, 3.63) is 53.1 Å². The first-order valence-corrected chi connectivity index (χ1v) is 6.54. The summed E-state index contributed by atoms with van der Waals surface area (Å²) in [4.78, 5) is 11.1. The second-order valence-corrected chi connectivity index (χ2v) is 5.05. The van der Waals surface area contributed by atoms with Crippen LogP contribution in [0.2, 0.25) is 0 Å². The Kier molecular flexibility index (Phi) is 4.12. The molecule has 116 valence electrons. The van der Waals surface area contributed by atoms with Crippen LogP contribution in [0.4, 0.5) is 23.7 Å². The summed E-state index contributed by atoms with van der Waals surface area (Å²) in [6, 6.07) is 7.80. The number of carbonyl (C=O) groups is 1. The maximum absolute atomic E-state index is 12.8. The van der Waals surface area contributed by atoms with Gasteiger partial charge >= 0.3 is 12.2 Å². The summed E-state index contributed by atoms with van der Waals surface area (Å²) >= 11 is 0. The molecule has 0 bridgehead atoms. The third-order valence-corrected chi connectivity index (χ3v) is 3.42. The van der Waals surface area contributed by atoms with Gasteiger partial charge in [-0.15, -0.1) is 0 Å². The van der Waals surface area contributed by atoms with E-state index >= 15 is 0 Å². The molecule has 0 aliphatic rings. The van der Waals surface area contributed by atoms with E-state index in [4.69, 9.17) is 5.73 Å². The molecule has 2 amide bonds. The highest BCUT2D eigenvalue weighted by Gasteiger charge is 2.31. The average molecular weight is 308 g/mol. The topological polar surface area (TPSA) is 55.1 Å². The fourth-order valence-electron chi connectivity index (χ4n) is 2.12. The number of alkyl halides is 3. The molecule has 22 heavy (non-hydrogen) atoms. The van der Waals surface area contributed by atoms with Crippen molar-refractivity contribution in [1.29, 1.82) is 0 Å². The first kappa shape index (κ1) is 15.9. The van der Waals surface area contributed by atoms with Crippen molar-refractivity contribution in [1.82, 2.24) is 0 Å². The minimum Gasteiger partial charge on any atom is -0.351 e. The van der Waals surface area contributed by atoms with Gasteiger partial charge in [0.1, 0.15) is 0 Å². The number of rotatable bonds is 2. The number of hydrogen-bond acceptors (Lipinski definition) is 1. The van der Waals surface area contributed by atoms with E-state index in [9.17, 15) is 18.0 Å². The molecule has 0 atom stereocenters. The number of benzene rings is 2. The van der Waals surface area contributed by atoms with Crippen LogP contribution in [0.3, 0.4) is 0 Å². The molecule has 0 spiro atoms. The molecule has 0 fully saturated rings. The summed E-state index contributed by atoms with van der Waals surface area (Å²) in [5.74, 6) is 0. The van der Waals surface area contributed by atoms with Gasteiger partial charge in [-0.1, -0.05) is 24.3 Å². The summed E-state index contributed by atoms with van der Waals surface area (Å²) in [6.45, 7) is 3.85. The molecular formula is C16H15F3N2O. The fraction of sp³-hybridized carbons (Fsp3) is 0.188. The number of urea groups is 1. The maximum Gasteiger partial charge on any atom is 0.416 e. The van der Waals surface area contributed by atoms with Crippen molar-refractivity contribution in [3.8, 4) is 11.1 Å². The Balaban J connectivity index is 2.58. The van der Waals surface area contributed by atoms with Gasteiger partial charge in [0.2, 0.25) is 0 Å². The molecule has 0 unspecified atom stereocenters. The number of nitrogens with two attached hydrogens (primary N) is 1. The SMILES string of the molecule is Cc1ccc(-c2ccc(C(F)(F)F)cc2NC(N)=O)cc1C. The van der Waals surface area contributed by atoms with Crippen LogP contribution in [-0.2, 0) is 6.18 Å². The van der Waals surface area contributed by atoms with Crippen LogP contribution in [-0.4, -0.2) is 6.03 Å². The van der Waals surface area contributed by atoms with Crippen LogP contribution in [0.25, 0.3) is 11.1 Å². The van der Waals surface area contributed by atoms with Crippen LogP contribution < -0.4 is 11.1 Å². The maximum atomic E-state index is 12.8. The predicted molar refractivity (Wildman–Crippen MR) is 79.6 cm³/mol. The van der Waals surface area contributed by atoms with Gasteiger partial charge in [-0.3, -0.25) is 0 Å². The van der Waals surface area contributed by atoms with E-state index in [1.165, 1.54) is 6.07 Å². The lowest BCUT2D eigenvalue weighted by atomic mass is 9.97. The molecule has 0 radical (unpaired) electrons. The van der Waals surface area contributed by atoms with Crippen molar-refractivity contribution >= 4 is 11.7 Å². The Morgan fingerprint density at radius 1 is 1.05 bits per heavy atom. The molecule has 6 heteroatoms. The van der Waals surface area contributed by atoms with E-state index in [1.54, 1.807) is 6.07 Å². The number of halogens is 3. The van der Waals surface area contributed by atoms with Crippen molar-refractivity contribution in [2.24, 2.45) is 5.73 Å². The molecular weight excluding hydrogens is 293 g/mol. The lowest BCUT2D eigenvalue weighted by Crippen LogP contribution is -2.20. The standard InChI is InChI=1S/C16H15F3N2O/c1-9-3-4-11(7-10(9)2)13-6-5-12(16(17,18)19)8-14(13)21-15(20)22/h3-8H,1-2H3,(H3,20,21,22). The van der Waals surface area contributed by atoms with Gasteiger partial charge in [-0.2, -0.15) is 13.2 Å². The molecule has 0 aliphatic carbocycles. The smallest absolute Gasteiger partial charge is 0.351 e. The first-order valence-electron chi connectivity index (χ1n) is 6.54. The summed E-state index contributed by atoms with van der Waals surface area (Å²) < 4.78 is 38.4. The number of primary amides is 1. The number of anilines is 1. The lowest BCUT2D eigenvalue weighted by Gasteiger charge is -2.15. The number of aryl methyl sites for hydroxylation is 2. The van der Waals surface area contributed by atoms with Crippen LogP contribution in [0, 0.1) is 13.8 Å². The zero-order chi connectivity index (χ0) is 16.5. The molecule has 0 saturated heterocycles. The van der Waals surface area contributed by atoms with Crippen molar-refractivity contribution in [2.75, 3.05) is 5.32 Å². The Hall–Kier alpha value is -2.50. The molecule has 2 aromatic carbocycles. The highest BCUT2D eigenvalue weighted by Crippen LogP contribution is 2.36. The molecule has 3 nitrogen and oxygen atoms in total. The van der Waals surface area contributed by atoms with Crippen molar-refractivity contribution in [2.45, 2.75) is 20.0 Å². The molecule has 3 N–H and O–H groups in total. The Morgan fingerprint density at radius 3 is 2.27 bits per heavy atom. The molecule has 0 heterocycles. The minimum absolute atomic E-state index is 0.0329. The van der Waals surface area contributed by atoms with E-state index in [1.807, 2.05) is 26.0 Å². The van der Waals surface area contributed by atoms with Gasteiger partial charge in [-0.25, -0.2) is 4.79 Å². The Morgan fingerprint density at radius 2 is 1.73 bits per heavy atom. The van der Waals surface area contributed by atoms with Crippen LogP contribution >= 0.6 is 0 Å². The second-order valence-electron chi connectivity index (χ2n) is 5.05. The third-order valence-electron chi connectivity index (χ3n) is 3.42. The van der Waals surface area contributed by atoms with Gasteiger partial charge in [-0.05, 0) is 42.7 Å². The second kappa shape index (κ2) is 5.71. The summed E-state index contributed by atoms with van der Waals surface area (Å²) in [6.07, 6.45) is -4.49. The lowest BCUT2D eigenvalue weighted by molar-refractivity contribution is -0.137. The molecule has 2 rings (SSSR count). The normalized spacial score (nSPS) is 11.3. The van der Waals surface area contributed by atoms with E-state index in [-0.39, 0.29) is 5.69 Å². The van der Waals surface area contributed by atoms with Crippen molar-refractivity contribution in [3.63, 3.8) is 0 Å². The quantitative estimate of drug-likeness (QED) is 0.844. The van der Waals surface area contributed by atoms with E-state index in [0.29, 0.717) is 11.1 Å². The minimum atomic E-state index is -4.49. The Bertz CT molecular complexity index is 724. The third kappa shape index (κ3) is 3.39. The zero-order valence-corrected chi connectivity index (χ0v) is 12.1. The van der Waals surface area contributed by atoms with E-state index in [2.05, 4.69) is 5.32 Å². The van der Waals surface area contributed by atoms with Crippen LogP contribution in [0.5, 0.6) is 0 Å². The highest BCUT2D eigenvalue weighted by molar-refractivity contribution is 5.93.